The van der Waals surface area contributed by atoms with Gasteiger partial charge in [-0.05, 0) is 23.8 Å². The molecule has 1 unspecified atom stereocenters. The van der Waals surface area contributed by atoms with Crippen molar-refractivity contribution >= 4 is 40.9 Å². The van der Waals surface area contributed by atoms with Gasteiger partial charge in [0.15, 0.2) is 5.78 Å². The molecule has 0 saturated carbocycles. The third-order valence-electron chi connectivity index (χ3n) is 4.61. The number of halogens is 1. The second-order valence-electron chi connectivity index (χ2n) is 7.07. The molecule has 182 valence electrons. The Bertz CT molecular complexity index is 1160. The van der Waals surface area contributed by atoms with E-state index < -0.39 is 11.9 Å². The van der Waals surface area contributed by atoms with Crippen molar-refractivity contribution in [2.45, 2.75) is 6.04 Å². The molecule has 3 aromatic rings. The largest absolute Gasteiger partial charge is 0.473 e. The van der Waals surface area contributed by atoms with Crippen LogP contribution in [0.25, 0.3) is 0 Å². The van der Waals surface area contributed by atoms with E-state index in [1.165, 1.54) is 0 Å². The highest BCUT2D eigenvalue weighted by Gasteiger charge is 2.17. The fourth-order valence-electron chi connectivity index (χ4n) is 2.94. The smallest absolute Gasteiger partial charge is 0.414 e. The highest BCUT2D eigenvalue weighted by molar-refractivity contribution is 6.31. The lowest BCUT2D eigenvalue weighted by atomic mass is 10.0. The molecule has 0 aliphatic carbocycles. The van der Waals surface area contributed by atoms with E-state index in [2.05, 4.69) is 10.6 Å². The zero-order valence-electron chi connectivity index (χ0n) is 18.3. The second kappa shape index (κ2) is 13.6. The van der Waals surface area contributed by atoms with Crippen LogP contribution in [0.5, 0.6) is 0 Å². The third kappa shape index (κ3) is 8.67. The molecule has 10 heteroatoms. The third-order valence-corrected chi connectivity index (χ3v) is 4.85. The van der Waals surface area contributed by atoms with Gasteiger partial charge >= 0.3 is 11.9 Å². The summed E-state index contributed by atoms with van der Waals surface area (Å²) >= 11 is 6.07. The number of benzene rings is 3. The van der Waals surface area contributed by atoms with Crippen molar-refractivity contribution in [1.82, 2.24) is 5.32 Å². The van der Waals surface area contributed by atoms with Gasteiger partial charge < -0.3 is 20.6 Å². The highest BCUT2D eigenvalue weighted by Crippen LogP contribution is 2.24. The molecule has 0 aromatic heterocycles. The number of carboxylic acid groups (broad SMARTS) is 2. The molecule has 0 saturated heterocycles. The van der Waals surface area contributed by atoms with E-state index in [-0.39, 0.29) is 30.9 Å². The fourth-order valence-corrected chi connectivity index (χ4v) is 3.11. The lowest BCUT2D eigenvalue weighted by Gasteiger charge is -2.17. The number of hydrogen-bond acceptors (Lipinski definition) is 6. The predicted octanol–water partition coefficient (Wildman–Crippen LogP) is 2.99. The number of carboxylic acids is 2. The van der Waals surface area contributed by atoms with Crippen LogP contribution in [-0.2, 0) is 14.4 Å². The minimum atomic E-state index is -1.82. The first-order valence-corrected chi connectivity index (χ1v) is 10.6. The molecule has 9 nitrogen and oxygen atoms in total. The number of carbonyl (C=O) groups excluding carboxylic acids is 2. The number of nitrogens with one attached hydrogen (secondary N) is 2. The van der Waals surface area contributed by atoms with Crippen molar-refractivity contribution in [2.24, 2.45) is 0 Å². The molecule has 1 atom stereocenters. The zero-order chi connectivity index (χ0) is 25.8. The number of anilines is 1. The molecule has 35 heavy (non-hydrogen) atoms. The Morgan fingerprint density at radius 3 is 1.94 bits per heavy atom. The number of rotatable bonds is 8. The standard InChI is InChI=1S/C23H21ClN2O3.C2H2O4/c24-18-11-12-20(19(13-18)23(29)17-9-5-2-6-10-17)26-22(28)14-25-21(15-27)16-7-3-1-4-8-16;3-1(4)2(5)6/h1-13,21,25,27H,14-15H2,(H,26,28);(H,3,4)(H,5,6). The van der Waals surface area contributed by atoms with Crippen molar-refractivity contribution in [1.29, 1.82) is 0 Å². The summed E-state index contributed by atoms with van der Waals surface area (Å²) in [4.78, 5) is 43.5. The molecule has 0 fully saturated rings. The summed E-state index contributed by atoms with van der Waals surface area (Å²) in [7, 11) is 0. The predicted molar refractivity (Wildman–Crippen MR) is 129 cm³/mol. The Balaban J connectivity index is 0.000000641. The summed E-state index contributed by atoms with van der Waals surface area (Å²) in [5, 5.41) is 30.6. The van der Waals surface area contributed by atoms with Gasteiger partial charge in [-0.1, -0.05) is 72.3 Å². The van der Waals surface area contributed by atoms with Crippen LogP contribution in [0.2, 0.25) is 5.02 Å². The average molecular weight is 499 g/mol. The molecule has 5 N–H and O–H groups in total. The Labute approximate surface area is 206 Å². The van der Waals surface area contributed by atoms with Crippen LogP contribution < -0.4 is 10.6 Å². The lowest BCUT2D eigenvalue weighted by molar-refractivity contribution is -0.159. The Morgan fingerprint density at radius 2 is 1.40 bits per heavy atom. The topological polar surface area (TPSA) is 153 Å². The molecule has 0 aliphatic rings. The number of ketones is 1. The molecular formula is C25H23ClN2O7. The van der Waals surface area contributed by atoms with Crippen LogP contribution in [-0.4, -0.2) is 52.1 Å². The molecule has 1 amide bonds. The van der Waals surface area contributed by atoms with E-state index in [0.717, 1.165) is 5.56 Å². The first kappa shape index (κ1) is 27.2. The minimum Gasteiger partial charge on any atom is -0.473 e. The number of hydrogen-bond donors (Lipinski definition) is 5. The summed E-state index contributed by atoms with van der Waals surface area (Å²) in [6, 6.07) is 22.6. The van der Waals surface area contributed by atoms with Crippen LogP contribution in [0.4, 0.5) is 5.69 Å². The molecule has 0 radical (unpaired) electrons. The maximum absolute atomic E-state index is 12.8. The quantitative estimate of drug-likeness (QED) is 0.235. The van der Waals surface area contributed by atoms with Crippen LogP contribution in [0.1, 0.15) is 27.5 Å². The Morgan fingerprint density at radius 1 is 0.829 bits per heavy atom. The number of carbonyl (C=O) groups is 4. The minimum absolute atomic E-state index is 0.0261. The van der Waals surface area contributed by atoms with Gasteiger partial charge in [0.2, 0.25) is 5.91 Å². The van der Waals surface area contributed by atoms with E-state index in [9.17, 15) is 14.7 Å². The van der Waals surface area contributed by atoms with Crippen molar-refractivity contribution in [3.8, 4) is 0 Å². The molecule has 3 aromatic carbocycles. The number of aliphatic hydroxyl groups is 1. The maximum Gasteiger partial charge on any atom is 0.414 e. The lowest BCUT2D eigenvalue weighted by Crippen LogP contribution is -2.33. The van der Waals surface area contributed by atoms with E-state index in [4.69, 9.17) is 31.4 Å². The molecular weight excluding hydrogens is 476 g/mol. The SMILES string of the molecule is O=C(CNC(CO)c1ccccc1)Nc1ccc(Cl)cc1C(=O)c1ccccc1.O=C(O)C(=O)O. The molecule has 0 bridgehead atoms. The van der Waals surface area contributed by atoms with Crippen LogP contribution >= 0.6 is 11.6 Å². The maximum atomic E-state index is 12.8. The van der Waals surface area contributed by atoms with Crippen LogP contribution in [0, 0.1) is 0 Å². The van der Waals surface area contributed by atoms with Gasteiger partial charge in [0.05, 0.1) is 24.9 Å². The summed E-state index contributed by atoms with van der Waals surface area (Å²) < 4.78 is 0. The summed E-state index contributed by atoms with van der Waals surface area (Å²) in [6.07, 6.45) is 0. The van der Waals surface area contributed by atoms with Crippen LogP contribution in [0.3, 0.4) is 0 Å². The van der Waals surface area contributed by atoms with E-state index in [1.54, 1.807) is 42.5 Å². The molecule has 3 rings (SSSR count). The summed E-state index contributed by atoms with van der Waals surface area (Å²) in [6.45, 7) is -0.169. The average Bonchev–Trinajstić information content (AvgIpc) is 2.86. The van der Waals surface area contributed by atoms with E-state index >= 15 is 0 Å². The summed E-state index contributed by atoms with van der Waals surface area (Å²) in [5.74, 6) is -4.21. The van der Waals surface area contributed by atoms with Crippen molar-refractivity contribution < 1.29 is 34.5 Å². The summed E-state index contributed by atoms with van der Waals surface area (Å²) in [5.41, 5.74) is 2.09. The van der Waals surface area contributed by atoms with Gasteiger partial charge in [-0.3, -0.25) is 14.9 Å². The Hall–Kier alpha value is -4.05. The molecule has 0 aliphatic heterocycles. The van der Waals surface area contributed by atoms with E-state index in [1.807, 2.05) is 36.4 Å². The fraction of sp³-hybridized carbons (Fsp3) is 0.120. The van der Waals surface area contributed by atoms with Crippen molar-refractivity contribution in [2.75, 3.05) is 18.5 Å². The van der Waals surface area contributed by atoms with Crippen molar-refractivity contribution in [3.63, 3.8) is 0 Å². The number of aliphatic hydroxyl groups excluding tert-OH is 1. The normalized spacial score (nSPS) is 10.9. The number of amides is 1. The van der Waals surface area contributed by atoms with Crippen molar-refractivity contribution in [3.05, 3.63) is 101 Å². The zero-order valence-corrected chi connectivity index (χ0v) is 19.1. The number of aliphatic carboxylic acids is 2. The van der Waals surface area contributed by atoms with Gasteiger partial charge in [-0.2, -0.15) is 0 Å². The van der Waals surface area contributed by atoms with Gasteiger partial charge in [0.25, 0.3) is 0 Å². The van der Waals surface area contributed by atoms with Gasteiger partial charge in [0.1, 0.15) is 0 Å². The monoisotopic (exact) mass is 498 g/mol. The Kier molecular flexibility index (Phi) is 10.6. The first-order chi connectivity index (χ1) is 16.7. The second-order valence-corrected chi connectivity index (χ2v) is 7.51. The van der Waals surface area contributed by atoms with Gasteiger partial charge in [-0.15, -0.1) is 0 Å². The van der Waals surface area contributed by atoms with Gasteiger partial charge in [-0.25, -0.2) is 9.59 Å². The molecule has 0 heterocycles. The van der Waals surface area contributed by atoms with E-state index in [0.29, 0.717) is 21.8 Å². The van der Waals surface area contributed by atoms with Crippen LogP contribution in [0.15, 0.2) is 78.9 Å². The van der Waals surface area contributed by atoms with Gasteiger partial charge in [0, 0.05) is 16.1 Å². The highest BCUT2D eigenvalue weighted by atomic mass is 35.5. The molecule has 0 spiro atoms. The first-order valence-electron chi connectivity index (χ1n) is 10.3.